The Bertz CT molecular complexity index is 676. The summed E-state index contributed by atoms with van der Waals surface area (Å²) in [5.41, 5.74) is 1.00. The molecule has 3 heterocycles. The van der Waals surface area contributed by atoms with Gasteiger partial charge in [-0.2, -0.15) is 0 Å². The fourth-order valence-electron chi connectivity index (χ4n) is 1.95. The van der Waals surface area contributed by atoms with E-state index in [-0.39, 0.29) is 6.04 Å². The van der Waals surface area contributed by atoms with Gasteiger partial charge in [-0.1, -0.05) is 0 Å². The van der Waals surface area contributed by atoms with Crippen LogP contribution in [0.1, 0.15) is 17.8 Å². The number of halogens is 1. The normalized spacial score (nSPS) is 12.3. The highest BCUT2D eigenvalue weighted by Gasteiger charge is 2.10. The first-order valence-electron chi connectivity index (χ1n) is 6.18. The number of pyridine rings is 1. The minimum atomic E-state index is 0.241. The highest BCUT2D eigenvalue weighted by Crippen LogP contribution is 2.30. The van der Waals surface area contributed by atoms with Crippen LogP contribution in [0.4, 0.5) is 5.69 Å². The number of aromatic nitrogens is 3. The minimum Gasteiger partial charge on any atom is -0.376 e. The number of imidazole rings is 1. The first-order chi connectivity index (χ1) is 9.74. The first-order valence-corrected chi connectivity index (χ1v) is 7.85. The van der Waals surface area contributed by atoms with Crippen molar-refractivity contribution in [2.24, 2.45) is 0 Å². The average molecular weight is 349 g/mol. The zero-order chi connectivity index (χ0) is 13.9. The highest BCUT2D eigenvalue weighted by molar-refractivity contribution is 9.10. The van der Waals surface area contributed by atoms with Crippen molar-refractivity contribution in [1.29, 1.82) is 0 Å². The summed E-state index contributed by atoms with van der Waals surface area (Å²) < 4.78 is 3.02. The summed E-state index contributed by atoms with van der Waals surface area (Å²) in [5, 5.41) is 5.53. The topological polar surface area (TPSA) is 42.7 Å². The zero-order valence-corrected chi connectivity index (χ0v) is 13.2. The molecule has 0 amide bonds. The van der Waals surface area contributed by atoms with Gasteiger partial charge in [-0.25, -0.2) is 9.97 Å². The number of hydrogen-bond donors (Lipinski definition) is 1. The zero-order valence-electron chi connectivity index (χ0n) is 10.8. The molecule has 3 aromatic heterocycles. The molecule has 4 nitrogen and oxygen atoms in total. The van der Waals surface area contributed by atoms with Gasteiger partial charge in [0.15, 0.2) is 0 Å². The van der Waals surface area contributed by atoms with Crippen LogP contribution in [0.5, 0.6) is 0 Å². The van der Waals surface area contributed by atoms with Crippen molar-refractivity contribution in [3.63, 3.8) is 0 Å². The molecule has 0 bridgehead atoms. The molecular formula is C14H13BrN4S. The van der Waals surface area contributed by atoms with Gasteiger partial charge in [0.1, 0.15) is 12.1 Å². The van der Waals surface area contributed by atoms with E-state index in [1.54, 1.807) is 23.9 Å². The van der Waals surface area contributed by atoms with E-state index in [0.29, 0.717) is 0 Å². The number of thiophene rings is 1. The van der Waals surface area contributed by atoms with Gasteiger partial charge in [-0.3, -0.25) is 4.57 Å². The monoisotopic (exact) mass is 348 g/mol. The Morgan fingerprint density at radius 1 is 1.35 bits per heavy atom. The second-order valence-electron chi connectivity index (χ2n) is 4.37. The van der Waals surface area contributed by atoms with Crippen LogP contribution in [-0.2, 0) is 0 Å². The third-order valence-corrected chi connectivity index (χ3v) is 4.99. The fraction of sp³-hybridized carbons (Fsp3) is 0.143. The standard InChI is InChI=1S/C14H13BrN4S/c1-10(14-12(15)4-7-20-14)18-11-2-3-13(17-8-11)19-6-5-16-9-19/h2-10,18H,1H3. The molecule has 1 N–H and O–H groups in total. The van der Waals surface area contributed by atoms with Crippen LogP contribution in [0.2, 0.25) is 0 Å². The van der Waals surface area contributed by atoms with Gasteiger partial charge in [-0.05, 0) is 46.4 Å². The van der Waals surface area contributed by atoms with E-state index in [2.05, 4.69) is 49.6 Å². The summed E-state index contributed by atoms with van der Waals surface area (Å²) in [4.78, 5) is 9.73. The quantitative estimate of drug-likeness (QED) is 0.765. The molecule has 1 unspecified atom stereocenters. The van der Waals surface area contributed by atoms with Crippen LogP contribution in [-0.4, -0.2) is 14.5 Å². The van der Waals surface area contributed by atoms with Gasteiger partial charge >= 0.3 is 0 Å². The van der Waals surface area contributed by atoms with Crippen LogP contribution in [0, 0.1) is 0 Å². The minimum absolute atomic E-state index is 0.241. The van der Waals surface area contributed by atoms with E-state index < -0.39 is 0 Å². The third-order valence-electron chi connectivity index (χ3n) is 2.94. The molecule has 0 radical (unpaired) electrons. The second-order valence-corrected chi connectivity index (χ2v) is 6.18. The van der Waals surface area contributed by atoms with Gasteiger partial charge in [0.25, 0.3) is 0 Å². The molecule has 3 aromatic rings. The van der Waals surface area contributed by atoms with E-state index in [9.17, 15) is 0 Å². The van der Waals surface area contributed by atoms with E-state index >= 15 is 0 Å². The maximum Gasteiger partial charge on any atom is 0.137 e. The summed E-state index contributed by atoms with van der Waals surface area (Å²) in [6.07, 6.45) is 7.19. The van der Waals surface area contributed by atoms with Crippen LogP contribution < -0.4 is 5.32 Å². The summed E-state index contributed by atoms with van der Waals surface area (Å²) in [7, 11) is 0. The molecule has 0 saturated carbocycles. The Morgan fingerprint density at radius 3 is 2.85 bits per heavy atom. The molecule has 0 saturated heterocycles. The predicted octanol–water partition coefficient (Wildman–Crippen LogP) is 4.26. The van der Waals surface area contributed by atoms with Crippen molar-refractivity contribution in [3.05, 3.63) is 57.8 Å². The molecule has 0 aliphatic carbocycles. The van der Waals surface area contributed by atoms with Crippen LogP contribution in [0.15, 0.2) is 53.0 Å². The molecule has 0 spiro atoms. The lowest BCUT2D eigenvalue weighted by atomic mass is 10.2. The van der Waals surface area contributed by atoms with Crippen molar-refractivity contribution in [3.8, 4) is 5.82 Å². The number of nitrogens with zero attached hydrogens (tertiary/aromatic N) is 3. The summed E-state index contributed by atoms with van der Waals surface area (Å²) >= 11 is 5.30. The van der Waals surface area contributed by atoms with Crippen molar-refractivity contribution >= 4 is 33.0 Å². The highest BCUT2D eigenvalue weighted by atomic mass is 79.9. The van der Waals surface area contributed by atoms with E-state index in [1.807, 2.05) is 29.1 Å². The predicted molar refractivity (Wildman–Crippen MR) is 85.4 cm³/mol. The van der Waals surface area contributed by atoms with E-state index in [0.717, 1.165) is 16.0 Å². The number of rotatable bonds is 4. The SMILES string of the molecule is CC(Nc1ccc(-n2ccnc2)nc1)c1sccc1Br. The summed E-state index contributed by atoms with van der Waals surface area (Å²) in [6.45, 7) is 2.14. The first kappa shape index (κ1) is 13.3. The Morgan fingerprint density at radius 2 is 2.25 bits per heavy atom. The lowest BCUT2D eigenvalue weighted by molar-refractivity contribution is 0.898. The van der Waals surface area contributed by atoms with Crippen molar-refractivity contribution in [2.75, 3.05) is 5.32 Å². The Labute approximate surface area is 129 Å². The molecule has 3 rings (SSSR count). The maximum atomic E-state index is 4.43. The molecular weight excluding hydrogens is 336 g/mol. The Kier molecular flexibility index (Phi) is 3.84. The van der Waals surface area contributed by atoms with Crippen LogP contribution in [0.25, 0.3) is 5.82 Å². The number of nitrogens with one attached hydrogen (secondary N) is 1. The number of anilines is 1. The summed E-state index contributed by atoms with van der Waals surface area (Å²) in [6, 6.07) is 6.31. The second kappa shape index (κ2) is 5.76. The smallest absolute Gasteiger partial charge is 0.137 e. The van der Waals surface area contributed by atoms with Gasteiger partial charge in [-0.15, -0.1) is 11.3 Å². The summed E-state index contributed by atoms with van der Waals surface area (Å²) in [5.74, 6) is 0.859. The molecule has 0 aliphatic rings. The largest absolute Gasteiger partial charge is 0.376 e. The van der Waals surface area contributed by atoms with Crippen molar-refractivity contribution in [2.45, 2.75) is 13.0 Å². The number of hydrogen-bond acceptors (Lipinski definition) is 4. The molecule has 0 aromatic carbocycles. The van der Waals surface area contributed by atoms with Gasteiger partial charge in [0, 0.05) is 21.7 Å². The van der Waals surface area contributed by atoms with Crippen molar-refractivity contribution < 1.29 is 0 Å². The van der Waals surface area contributed by atoms with Gasteiger partial charge in [0.05, 0.1) is 17.9 Å². The lowest BCUT2D eigenvalue weighted by Gasteiger charge is -2.14. The average Bonchev–Trinajstić information content (AvgIpc) is 3.10. The molecule has 0 fully saturated rings. The van der Waals surface area contributed by atoms with Gasteiger partial charge < -0.3 is 5.32 Å². The molecule has 0 aliphatic heterocycles. The van der Waals surface area contributed by atoms with Crippen molar-refractivity contribution in [1.82, 2.24) is 14.5 Å². The molecule has 20 heavy (non-hydrogen) atoms. The molecule has 6 heteroatoms. The Balaban J connectivity index is 1.74. The maximum absolute atomic E-state index is 4.43. The third kappa shape index (κ3) is 2.76. The van der Waals surface area contributed by atoms with Crippen LogP contribution in [0.3, 0.4) is 0 Å². The van der Waals surface area contributed by atoms with Crippen LogP contribution >= 0.6 is 27.3 Å². The van der Waals surface area contributed by atoms with E-state index in [4.69, 9.17) is 0 Å². The van der Waals surface area contributed by atoms with E-state index in [1.165, 1.54) is 4.88 Å². The molecule has 102 valence electrons. The van der Waals surface area contributed by atoms with Gasteiger partial charge in [0.2, 0.25) is 0 Å². The lowest BCUT2D eigenvalue weighted by Crippen LogP contribution is -2.06. The Hall–Kier alpha value is -1.66. The molecule has 1 atom stereocenters. The fourth-order valence-corrected chi connectivity index (χ4v) is 3.67.